The molecule has 1 aliphatic heterocycles. The number of hydrogen-bond donors (Lipinski definition) is 1. The fraction of sp³-hybridized carbons (Fsp3) is 0.889. The van der Waals surface area contributed by atoms with Crippen molar-refractivity contribution in [2.24, 2.45) is 0 Å². The Kier molecular flexibility index (Phi) is 5.11. The maximum Gasteiger partial charge on any atom is 0.306 e. The molecule has 1 aliphatic rings. The molecule has 1 fully saturated rings. The molecule has 1 heterocycles. The minimum atomic E-state index is -0.608. The smallest absolute Gasteiger partial charge is 0.306 e. The lowest BCUT2D eigenvalue weighted by Crippen LogP contribution is -2.36. The van der Waals surface area contributed by atoms with Gasteiger partial charge in [-0.3, -0.25) is 9.00 Å². The van der Waals surface area contributed by atoms with Crippen molar-refractivity contribution >= 4 is 16.8 Å². The SMILES string of the molecule is COC(=O)CCNC1CCS(=O)CC1. The van der Waals surface area contributed by atoms with Gasteiger partial charge in [-0.2, -0.15) is 0 Å². The van der Waals surface area contributed by atoms with Crippen LogP contribution in [0.25, 0.3) is 0 Å². The van der Waals surface area contributed by atoms with Crippen LogP contribution in [0, 0.1) is 0 Å². The van der Waals surface area contributed by atoms with Crippen LogP contribution < -0.4 is 5.32 Å². The van der Waals surface area contributed by atoms with Crippen LogP contribution in [-0.2, 0) is 20.3 Å². The molecular formula is C9H17NO3S. The third-order valence-electron chi connectivity index (χ3n) is 2.38. The van der Waals surface area contributed by atoms with Crippen molar-refractivity contribution < 1.29 is 13.7 Å². The third-order valence-corrected chi connectivity index (χ3v) is 3.76. The number of carbonyl (C=O) groups excluding carboxylic acids is 1. The molecule has 5 heteroatoms. The lowest BCUT2D eigenvalue weighted by Gasteiger charge is -2.22. The maximum absolute atomic E-state index is 11.0. The van der Waals surface area contributed by atoms with E-state index in [-0.39, 0.29) is 5.97 Å². The molecule has 0 radical (unpaired) electrons. The van der Waals surface area contributed by atoms with E-state index in [1.165, 1.54) is 7.11 Å². The van der Waals surface area contributed by atoms with Gasteiger partial charge in [-0.15, -0.1) is 0 Å². The zero-order valence-corrected chi connectivity index (χ0v) is 9.27. The standard InChI is InChI=1S/C9H17NO3S/c1-13-9(11)2-5-10-8-3-6-14(12)7-4-8/h8,10H,2-7H2,1H3. The van der Waals surface area contributed by atoms with Gasteiger partial charge in [0.2, 0.25) is 0 Å². The fourth-order valence-corrected chi connectivity index (χ4v) is 2.78. The van der Waals surface area contributed by atoms with Crippen molar-refractivity contribution in [3.05, 3.63) is 0 Å². The highest BCUT2D eigenvalue weighted by atomic mass is 32.2. The molecule has 0 atom stereocenters. The van der Waals surface area contributed by atoms with Gasteiger partial charge in [-0.1, -0.05) is 0 Å². The summed E-state index contributed by atoms with van der Waals surface area (Å²) < 4.78 is 15.6. The molecule has 1 N–H and O–H groups in total. The Hall–Kier alpha value is -0.420. The Morgan fingerprint density at radius 3 is 2.71 bits per heavy atom. The third kappa shape index (κ3) is 4.19. The largest absolute Gasteiger partial charge is 0.469 e. The van der Waals surface area contributed by atoms with Crippen LogP contribution in [0.3, 0.4) is 0 Å². The zero-order valence-electron chi connectivity index (χ0n) is 8.45. The molecule has 82 valence electrons. The number of esters is 1. The minimum Gasteiger partial charge on any atom is -0.469 e. The molecule has 0 spiro atoms. The fourth-order valence-electron chi connectivity index (χ4n) is 1.48. The highest BCUT2D eigenvalue weighted by molar-refractivity contribution is 7.85. The molecule has 0 aromatic heterocycles. The van der Waals surface area contributed by atoms with E-state index in [1.54, 1.807) is 0 Å². The molecule has 14 heavy (non-hydrogen) atoms. The summed E-state index contributed by atoms with van der Waals surface area (Å²) in [6, 6.07) is 0.428. The van der Waals surface area contributed by atoms with E-state index in [0.29, 0.717) is 19.0 Å². The van der Waals surface area contributed by atoms with E-state index in [2.05, 4.69) is 10.1 Å². The first-order valence-corrected chi connectivity index (χ1v) is 6.36. The molecular weight excluding hydrogens is 202 g/mol. The number of nitrogens with one attached hydrogen (secondary N) is 1. The molecule has 1 rings (SSSR count). The predicted molar refractivity (Wildman–Crippen MR) is 55.5 cm³/mol. The Morgan fingerprint density at radius 2 is 2.14 bits per heavy atom. The van der Waals surface area contributed by atoms with Crippen LogP contribution in [0.2, 0.25) is 0 Å². The summed E-state index contributed by atoms with van der Waals surface area (Å²) in [5.74, 6) is 1.39. The summed E-state index contributed by atoms with van der Waals surface area (Å²) in [7, 11) is 0.786. The maximum atomic E-state index is 11.0. The van der Waals surface area contributed by atoms with E-state index in [9.17, 15) is 9.00 Å². The van der Waals surface area contributed by atoms with E-state index >= 15 is 0 Å². The highest BCUT2D eigenvalue weighted by Crippen LogP contribution is 2.08. The molecule has 4 nitrogen and oxygen atoms in total. The number of rotatable bonds is 4. The average molecular weight is 219 g/mol. The monoisotopic (exact) mass is 219 g/mol. The zero-order chi connectivity index (χ0) is 10.4. The summed E-state index contributed by atoms with van der Waals surface area (Å²) in [5.41, 5.74) is 0. The van der Waals surface area contributed by atoms with E-state index in [1.807, 2.05) is 0 Å². The average Bonchev–Trinajstić information content (AvgIpc) is 2.21. The van der Waals surface area contributed by atoms with Gasteiger partial charge < -0.3 is 10.1 Å². The van der Waals surface area contributed by atoms with Gasteiger partial charge >= 0.3 is 5.97 Å². The lowest BCUT2D eigenvalue weighted by molar-refractivity contribution is -0.140. The molecule has 0 bridgehead atoms. The van der Waals surface area contributed by atoms with E-state index in [0.717, 1.165) is 24.3 Å². The summed E-state index contributed by atoms with van der Waals surface area (Å²) in [5, 5.41) is 3.27. The van der Waals surface area contributed by atoms with Crippen molar-refractivity contribution in [3.63, 3.8) is 0 Å². The second-order valence-corrected chi connectivity index (χ2v) is 5.10. The van der Waals surface area contributed by atoms with Crippen molar-refractivity contribution in [2.75, 3.05) is 25.2 Å². The summed E-state index contributed by atoms with van der Waals surface area (Å²) in [6.45, 7) is 0.657. The van der Waals surface area contributed by atoms with Crippen molar-refractivity contribution in [3.8, 4) is 0 Å². The molecule has 0 aromatic carbocycles. The van der Waals surface area contributed by atoms with Gasteiger partial charge in [-0.25, -0.2) is 0 Å². The van der Waals surface area contributed by atoms with Gasteiger partial charge in [0.25, 0.3) is 0 Å². The summed E-state index contributed by atoms with van der Waals surface area (Å²) in [6.07, 6.45) is 2.32. The summed E-state index contributed by atoms with van der Waals surface area (Å²) >= 11 is 0. The number of carbonyl (C=O) groups is 1. The minimum absolute atomic E-state index is 0.183. The molecule has 0 aliphatic carbocycles. The first-order valence-electron chi connectivity index (χ1n) is 4.87. The van der Waals surface area contributed by atoms with Gasteiger partial charge in [0.1, 0.15) is 0 Å². The molecule has 0 saturated carbocycles. The van der Waals surface area contributed by atoms with Crippen molar-refractivity contribution in [1.82, 2.24) is 5.32 Å². The predicted octanol–water partition coefficient (Wildman–Crippen LogP) is 0.0502. The van der Waals surface area contributed by atoms with E-state index < -0.39 is 10.8 Å². The van der Waals surface area contributed by atoms with E-state index in [4.69, 9.17) is 0 Å². The quantitative estimate of drug-likeness (QED) is 0.679. The second-order valence-electron chi connectivity index (χ2n) is 3.40. The Labute approximate surface area is 86.9 Å². The molecule has 0 amide bonds. The van der Waals surface area contributed by atoms with Gasteiger partial charge in [0, 0.05) is 34.9 Å². The van der Waals surface area contributed by atoms with Crippen LogP contribution in [0.4, 0.5) is 0 Å². The van der Waals surface area contributed by atoms with Gasteiger partial charge in [-0.05, 0) is 12.8 Å². The Balaban J connectivity index is 2.07. The van der Waals surface area contributed by atoms with Gasteiger partial charge in [0.05, 0.1) is 13.5 Å². The summed E-state index contributed by atoms with van der Waals surface area (Å²) in [4.78, 5) is 10.8. The van der Waals surface area contributed by atoms with Crippen LogP contribution in [0.15, 0.2) is 0 Å². The van der Waals surface area contributed by atoms with Crippen LogP contribution >= 0.6 is 0 Å². The van der Waals surface area contributed by atoms with Crippen LogP contribution in [-0.4, -0.2) is 41.4 Å². The van der Waals surface area contributed by atoms with Crippen LogP contribution in [0.5, 0.6) is 0 Å². The second kappa shape index (κ2) is 6.14. The molecule has 0 aromatic rings. The number of methoxy groups -OCH3 is 1. The topological polar surface area (TPSA) is 55.4 Å². The number of ether oxygens (including phenoxy) is 1. The first-order chi connectivity index (χ1) is 6.72. The van der Waals surface area contributed by atoms with Crippen molar-refractivity contribution in [2.45, 2.75) is 25.3 Å². The Bertz CT molecular complexity index is 210. The van der Waals surface area contributed by atoms with Crippen molar-refractivity contribution in [1.29, 1.82) is 0 Å². The van der Waals surface area contributed by atoms with Gasteiger partial charge in [0.15, 0.2) is 0 Å². The molecule has 0 unspecified atom stereocenters. The first kappa shape index (κ1) is 11.7. The normalized spacial score (nSPS) is 27.2. The van der Waals surface area contributed by atoms with Crippen LogP contribution in [0.1, 0.15) is 19.3 Å². The number of hydrogen-bond acceptors (Lipinski definition) is 4. The Morgan fingerprint density at radius 1 is 1.50 bits per heavy atom. The lowest BCUT2D eigenvalue weighted by atomic mass is 10.1. The molecule has 1 saturated heterocycles. The highest BCUT2D eigenvalue weighted by Gasteiger charge is 2.17.